The smallest absolute Gasteiger partial charge is 0.304 e. The van der Waals surface area contributed by atoms with Crippen LogP contribution in [0, 0.1) is 20.2 Å². The van der Waals surface area contributed by atoms with Crippen LogP contribution in [0.1, 0.15) is 47.4 Å². The summed E-state index contributed by atoms with van der Waals surface area (Å²) in [7, 11) is 0. The molecule has 3 amide bonds. The molecule has 0 atom stereocenters. The molecule has 222 valence electrons. The summed E-state index contributed by atoms with van der Waals surface area (Å²) in [6.07, 6.45) is 0.674. The fraction of sp³-hybridized carbons (Fsp3) is 0.250. The minimum absolute atomic E-state index is 0.00290. The number of carbonyl (C=O) groups excluding carboxylic acids is 3. The summed E-state index contributed by atoms with van der Waals surface area (Å²) in [5.41, 5.74) is 0.684. The van der Waals surface area contributed by atoms with E-state index in [-0.39, 0.29) is 46.5 Å². The van der Waals surface area contributed by atoms with E-state index in [9.17, 15) is 34.6 Å². The number of rotatable bonds is 12. The highest BCUT2D eigenvalue weighted by molar-refractivity contribution is 9.10. The summed E-state index contributed by atoms with van der Waals surface area (Å²) in [4.78, 5) is 62.1. The molecule has 0 fully saturated rings. The number of nitro benzene ring substituents is 2. The van der Waals surface area contributed by atoms with Gasteiger partial charge in [-0.3, -0.25) is 39.5 Å². The molecular weight excluding hydrogens is 626 g/mol. The van der Waals surface area contributed by atoms with Crippen molar-refractivity contribution in [3.63, 3.8) is 0 Å². The summed E-state index contributed by atoms with van der Waals surface area (Å²) in [5, 5.41) is 33.6. The van der Waals surface area contributed by atoms with Crippen LogP contribution in [-0.2, 0) is 4.79 Å². The fourth-order valence-corrected chi connectivity index (χ4v) is 5.01. The first-order valence-electron chi connectivity index (χ1n) is 13.2. The zero-order valence-corrected chi connectivity index (χ0v) is 24.7. The number of hydrogen-bond donors (Lipinski definition) is 1. The summed E-state index contributed by atoms with van der Waals surface area (Å²) < 4.78 is 0.00290. The third-order valence-corrected chi connectivity index (χ3v) is 7.31. The van der Waals surface area contributed by atoms with Crippen molar-refractivity contribution in [3.8, 4) is 0 Å². The van der Waals surface area contributed by atoms with E-state index in [1.165, 1.54) is 4.90 Å². The number of nitrogens with one attached hydrogen (secondary N) is 1. The number of anilines is 2. The highest BCUT2D eigenvalue weighted by Crippen LogP contribution is 2.41. The largest absolute Gasteiger partial charge is 0.372 e. The van der Waals surface area contributed by atoms with E-state index in [0.717, 1.165) is 17.8 Å². The van der Waals surface area contributed by atoms with Gasteiger partial charge in [0, 0.05) is 37.8 Å². The lowest BCUT2D eigenvalue weighted by molar-refractivity contribution is -0.393. The molecule has 43 heavy (non-hydrogen) atoms. The molecule has 0 spiro atoms. The second kappa shape index (κ2) is 13.3. The number of nitro groups is 2. The second-order valence-corrected chi connectivity index (χ2v) is 10.2. The minimum atomic E-state index is -0.796. The van der Waals surface area contributed by atoms with Crippen LogP contribution in [0.15, 0.2) is 69.3 Å². The molecule has 0 aromatic heterocycles. The van der Waals surface area contributed by atoms with Crippen molar-refractivity contribution in [1.29, 1.82) is 0 Å². The lowest BCUT2D eigenvalue weighted by atomic mass is 10.1. The van der Waals surface area contributed by atoms with Gasteiger partial charge in [0.05, 0.1) is 37.2 Å². The molecule has 0 aliphatic carbocycles. The van der Waals surface area contributed by atoms with Crippen molar-refractivity contribution in [3.05, 3.63) is 90.4 Å². The van der Waals surface area contributed by atoms with Crippen LogP contribution >= 0.6 is 15.9 Å². The average Bonchev–Trinajstić information content (AvgIpc) is 3.23. The van der Waals surface area contributed by atoms with Gasteiger partial charge in [0.2, 0.25) is 5.91 Å². The predicted molar refractivity (Wildman–Crippen MR) is 161 cm³/mol. The normalized spacial score (nSPS) is 12.5. The lowest BCUT2D eigenvalue weighted by Crippen LogP contribution is -2.33. The number of nitrogens with zero attached hydrogens (tertiary/aromatic N) is 6. The zero-order valence-electron chi connectivity index (χ0n) is 23.2. The number of halogens is 1. The standard InChI is InChI=1S/C28H26BrN7O7/c1-3-25(37)30-23-15-17(33(4-2)12-7-13-34-27(38)19-8-5-6-9-20(19)28(34)39)10-11-22(23)31-32-26-21(29)14-18(35(40)41)16-24(26)36(42)43/h5-6,8-11,14-16H,3-4,7,12-13H2,1-2H3,(H,30,37). The fourth-order valence-electron chi connectivity index (χ4n) is 4.50. The Labute approximate surface area is 253 Å². The summed E-state index contributed by atoms with van der Waals surface area (Å²) in [6.45, 7) is 4.91. The first-order chi connectivity index (χ1) is 20.5. The maximum atomic E-state index is 12.7. The van der Waals surface area contributed by atoms with E-state index < -0.39 is 21.2 Å². The molecule has 1 aliphatic rings. The van der Waals surface area contributed by atoms with Gasteiger partial charge in [-0.15, -0.1) is 10.2 Å². The molecule has 14 nitrogen and oxygen atoms in total. The molecule has 0 bridgehead atoms. The quantitative estimate of drug-likeness (QED) is 0.0990. The molecule has 0 saturated carbocycles. The van der Waals surface area contributed by atoms with Crippen molar-refractivity contribution in [2.24, 2.45) is 10.2 Å². The van der Waals surface area contributed by atoms with E-state index in [1.54, 1.807) is 49.4 Å². The van der Waals surface area contributed by atoms with E-state index in [4.69, 9.17) is 0 Å². The molecule has 15 heteroatoms. The lowest BCUT2D eigenvalue weighted by Gasteiger charge is -2.25. The molecule has 0 radical (unpaired) electrons. The van der Waals surface area contributed by atoms with Crippen LogP contribution in [0.3, 0.4) is 0 Å². The van der Waals surface area contributed by atoms with Gasteiger partial charge in [-0.2, -0.15) is 0 Å². The Bertz CT molecular complexity index is 1630. The molecule has 0 unspecified atom stereocenters. The summed E-state index contributed by atoms with van der Waals surface area (Å²) in [6, 6.07) is 13.6. The summed E-state index contributed by atoms with van der Waals surface area (Å²) in [5.74, 6) is -0.935. The molecule has 4 rings (SSSR count). The number of non-ortho nitro benzene ring substituents is 1. The van der Waals surface area contributed by atoms with E-state index in [0.29, 0.717) is 36.3 Å². The Kier molecular flexibility index (Phi) is 9.55. The molecule has 1 heterocycles. The SMILES string of the molecule is CCC(=O)Nc1cc(N(CC)CCCN2C(=O)c3ccccc3C2=O)ccc1N=Nc1c(Br)cc([N+](=O)[O-])cc1[N+](=O)[O-]. The Morgan fingerprint density at radius 3 is 2.23 bits per heavy atom. The predicted octanol–water partition coefficient (Wildman–Crippen LogP) is 6.54. The first kappa shape index (κ1) is 30.9. The highest BCUT2D eigenvalue weighted by Gasteiger charge is 2.34. The number of benzene rings is 3. The Hall–Kier alpha value is -5.05. The van der Waals surface area contributed by atoms with Crippen LogP contribution in [0.2, 0.25) is 0 Å². The van der Waals surface area contributed by atoms with Gasteiger partial charge in [-0.05, 0) is 59.6 Å². The second-order valence-electron chi connectivity index (χ2n) is 9.35. The van der Waals surface area contributed by atoms with Crippen molar-refractivity contribution in [2.45, 2.75) is 26.7 Å². The zero-order chi connectivity index (χ0) is 31.3. The molecular formula is C28H26BrN7O7. The van der Waals surface area contributed by atoms with Gasteiger partial charge in [-0.1, -0.05) is 19.1 Å². The number of fused-ring (bicyclic) bond motifs is 1. The molecule has 1 aliphatic heterocycles. The van der Waals surface area contributed by atoms with Crippen molar-refractivity contribution in [1.82, 2.24) is 4.90 Å². The van der Waals surface area contributed by atoms with E-state index in [2.05, 4.69) is 31.5 Å². The van der Waals surface area contributed by atoms with Gasteiger partial charge in [0.25, 0.3) is 17.5 Å². The Balaban J connectivity index is 1.56. The van der Waals surface area contributed by atoms with Crippen molar-refractivity contribution in [2.75, 3.05) is 29.9 Å². The van der Waals surface area contributed by atoms with Gasteiger partial charge in [0.15, 0.2) is 5.69 Å². The van der Waals surface area contributed by atoms with Crippen LogP contribution in [0.4, 0.5) is 34.1 Å². The van der Waals surface area contributed by atoms with Gasteiger partial charge >= 0.3 is 5.69 Å². The number of amides is 3. The number of imide groups is 1. The molecule has 3 aromatic rings. The maximum absolute atomic E-state index is 12.7. The molecule has 0 saturated heterocycles. The van der Waals surface area contributed by atoms with Crippen LogP contribution in [-0.4, -0.2) is 52.1 Å². The monoisotopic (exact) mass is 651 g/mol. The third kappa shape index (κ3) is 6.72. The minimum Gasteiger partial charge on any atom is -0.372 e. The van der Waals surface area contributed by atoms with Crippen molar-refractivity contribution >= 4 is 67.8 Å². The number of hydrogen-bond acceptors (Lipinski definition) is 10. The van der Waals surface area contributed by atoms with E-state index in [1.807, 2.05) is 11.8 Å². The van der Waals surface area contributed by atoms with Gasteiger partial charge in [-0.25, -0.2) is 0 Å². The van der Waals surface area contributed by atoms with Gasteiger partial charge in [0.1, 0.15) is 5.69 Å². The highest BCUT2D eigenvalue weighted by atomic mass is 79.9. The molecule has 1 N–H and O–H groups in total. The third-order valence-electron chi connectivity index (χ3n) is 6.70. The molecule has 3 aromatic carbocycles. The Morgan fingerprint density at radius 1 is 0.977 bits per heavy atom. The van der Waals surface area contributed by atoms with Crippen LogP contribution in [0.5, 0.6) is 0 Å². The average molecular weight is 652 g/mol. The van der Waals surface area contributed by atoms with Crippen molar-refractivity contribution < 1.29 is 24.2 Å². The summed E-state index contributed by atoms with van der Waals surface area (Å²) >= 11 is 3.10. The number of azo groups is 1. The van der Waals surface area contributed by atoms with E-state index >= 15 is 0 Å². The first-order valence-corrected chi connectivity index (χ1v) is 14.0. The maximum Gasteiger partial charge on any atom is 0.304 e. The van der Waals surface area contributed by atoms with Crippen LogP contribution in [0.25, 0.3) is 0 Å². The number of carbonyl (C=O) groups is 3. The van der Waals surface area contributed by atoms with Crippen LogP contribution < -0.4 is 10.2 Å². The topological polar surface area (TPSA) is 181 Å². The van der Waals surface area contributed by atoms with Gasteiger partial charge < -0.3 is 10.2 Å². The Morgan fingerprint density at radius 2 is 1.65 bits per heavy atom.